The lowest BCUT2D eigenvalue weighted by molar-refractivity contribution is 0.0939. The first-order chi connectivity index (χ1) is 9.58. The second kappa shape index (κ2) is 6.40. The summed E-state index contributed by atoms with van der Waals surface area (Å²) in [5.41, 5.74) is 2.76. The maximum absolute atomic E-state index is 12.1. The zero-order valence-electron chi connectivity index (χ0n) is 10.9. The molecule has 0 aliphatic heterocycles. The van der Waals surface area contributed by atoms with Crippen molar-refractivity contribution in [3.63, 3.8) is 0 Å². The highest BCUT2D eigenvalue weighted by atomic mass is 35.5. The molecule has 0 radical (unpaired) electrons. The van der Waals surface area contributed by atoms with Crippen molar-refractivity contribution < 1.29 is 9.21 Å². The van der Waals surface area contributed by atoms with Crippen LogP contribution in [0.4, 0.5) is 5.82 Å². The molecular weight excluding hydrogens is 280 g/mol. The molecule has 6 nitrogen and oxygen atoms in total. The van der Waals surface area contributed by atoms with Crippen molar-refractivity contribution in [2.24, 2.45) is 5.84 Å². The smallest absolute Gasteiger partial charge is 0.251 e. The number of halogens is 1. The van der Waals surface area contributed by atoms with Crippen molar-refractivity contribution in [2.75, 3.05) is 5.43 Å². The maximum Gasteiger partial charge on any atom is 0.251 e. The van der Waals surface area contributed by atoms with Crippen LogP contribution < -0.4 is 16.6 Å². The number of nitrogens with zero attached hydrogens (tertiary/aromatic N) is 1. The zero-order chi connectivity index (χ0) is 14.5. The average molecular weight is 295 g/mol. The van der Waals surface area contributed by atoms with Crippen LogP contribution in [0.15, 0.2) is 34.9 Å². The summed E-state index contributed by atoms with van der Waals surface area (Å²) in [4.78, 5) is 16.0. The summed E-state index contributed by atoms with van der Waals surface area (Å²) in [5, 5.41) is 3.06. The van der Waals surface area contributed by atoms with Crippen LogP contribution in [0.3, 0.4) is 0 Å². The zero-order valence-corrected chi connectivity index (χ0v) is 11.6. The van der Waals surface area contributed by atoms with Gasteiger partial charge in [-0.15, -0.1) is 0 Å². The summed E-state index contributed by atoms with van der Waals surface area (Å²) in [7, 11) is 0. The largest absolute Gasteiger partial charge is 0.469 e. The quantitative estimate of drug-likeness (QED) is 0.445. The molecule has 1 atom stereocenters. The Balaban J connectivity index is 2.02. The molecule has 2 rings (SSSR count). The summed E-state index contributed by atoms with van der Waals surface area (Å²) in [5.74, 6) is 6.17. The first kappa shape index (κ1) is 14.4. The molecule has 20 heavy (non-hydrogen) atoms. The number of aromatic nitrogens is 1. The predicted octanol–water partition coefficient (Wildman–Crippen LogP) is 1.97. The number of pyridine rings is 1. The van der Waals surface area contributed by atoms with Crippen molar-refractivity contribution >= 4 is 23.3 Å². The predicted molar refractivity (Wildman–Crippen MR) is 76.4 cm³/mol. The molecule has 106 valence electrons. The van der Waals surface area contributed by atoms with E-state index in [1.807, 2.05) is 19.1 Å². The van der Waals surface area contributed by atoms with Crippen LogP contribution in [0.25, 0.3) is 0 Å². The van der Waals surface area contributed by atoms with Gasteiger partial charge in [0.2, 0.25) is 0 Å². The van der Waals surface area contributed by atoms with Gasteiger partial charge in [0, 0.05) is 18.0 Å². The number of furan rings is 1. The van der Waals surface area contributed by atoms with Gasteiger partial charge in [-0.25, -0.2) is 10.8 Å². The molecule has 0 bridgehead atoms. The molecule has 1 unspecified atom stereocenters. The molecule has 2 heterocycles. The summed E-state index contributed by atoms with van der Waals surface area (Å²) in [6.45, 7) is 1.89. The minimum Gasteiger partial charge on any atom is -0.469 e. The minimum atomic E-state index is -0.246. The molecule has 0 aromatic carbocycles. The number of amides is 1. The monoisotopic (exact) mass is 294 g/mol. The molecular formula is C13H15ClN4O2. The van der Waals surface area contributed by atoms with Gasteiger partial charge in [-0.05, 0) is 31.2 Å². The van der Waals surface area contributed by atoms with Gasteiger partial charge in [0.15, 0.2) is 0 Å². The Kier molecular flexibility index (Phi) is 4.60. The molecule has 4 N–H and O–H groups in total. The summed E-state index contributed by atoms with van der Waals surface area (Å²) >= 11 is 5.82. The second-order valence-corrected chi connectivity index (χ2v) is 4.75. The van der Waals surface area contributed by atoms with E-state index in [9.17, 15) is 4.79 Å². The highest BCUT2D eigenvalue weighted by molar-refractivity contribution is 6.29. The van der Waals surface area contributed by atoms with E-state index in [1.54, 1.807) is 6.26 Å². The Labute approximate surface area is 121 Å². The Morgan fingerprint density at radius 3 is 3.00 bits per heavy atom. The van der Waals surface area contributed by atoms with E-state index < -0.39 is 0 Å². The number of rotatable bonds is 5. The van der Waals surface area contributed by atoms with Gasteiger partial charge < -0.3 is 15.2 Å². The van der Waals surface area contributed by atoms with E-state index in [0.717, 1.165) is 5.76 Å². The highest BCUT2D eigenvalue weighted by Gasteiger charge is 2.13. The third-order valence-corrected chi connectivity index (χ3v) is 2.86. The molecule has 0 fully saturated rings. The normalized spacial score (nSPS) is 11.9. The SMILES string of the molecule is CC(Cc1ccco1)NC(=O)c1cc(Cl)nc(NN)c1. The average Bonchev–Trinajstić information content (AvgIpc) is 2.90. The van der Waals surface area contributed by atoms with Gasteiger partial charge in [-0.3, -0.25) is 4.79 Å². The fraction of sp³-hybridized carbons (Fsp3) is 0.231. The molecule has 2 aromatic rings. The minimum absolute atomic E-state index is 0.0742. The lowest BCUT2D eigenvalue weighted by Crippen LogP contribution is -2.34. The van der Waals surface area contributed by atoms with Crippen molar-refractivity contribution in [1.29, 1.82) is 0 Å². The van der Waals surface area contributed by atoms with E-state index in [2.05, 4.69) is 15.7 Å². The Morgan fingerprint density at radius 2 is 2.35 bits per heavy atom. The lowest BCUT2D eigenvalue weighted by Gasteiger charge is -2.13. The fourth-order valence-electron chi connectivity index (χ4n) is 1.79. The van der Waals surface area contributed by atoms with Gasteiger partial charge in [-0.2, -0.15) is 0 Å². The Morgan fingerprint density at radius 1 is 1.55 bits per heavy atom. The van der Waals surface area contributed by atoms with Crippen molar-refractivity contribution in [3.05, 3.63) is 47.0 Å². The van der Waals surface area contributed by atoms with Gasteiger partial charge in [0.25, 0.3) is 5.91 Å². The van der Waals surface area contributed by atoms with E-state index >= 15 is 0 Å². The second-order valence-electron chi connectivity index (χ2n) is 4.37. The highest BCUT2D eigenvalue weighted by Crippen LogP contribution is 2.14. The Hall–Kier alpha value is -2.05. The van der Waals surface area contributed by atoms with Gasteiger partial charge in [0.1, 0.15) is 16.7 Å². The van der Waals surface area contributed by atoms with Crippen molar-refractivity contribution in [3.8, 4) is 0 Å². The standard InChI is InChI=1S/C13H15ClN4O2/c1-8(5-10-3-2-4-20-10)16-13(19)9-6-11(14)17-12(7-9)18-15/h2-4,6-8H,5,15H2,1H3,(H,16,19)(H,17,18). The third kappa shape index (κ3) is 3.72. The molecule has 1 amide bonds. The number of hydrogen-bond acceptors (Lipinski definition) is 5. The number of carbonyl (C=O) groups excluding carboxylic acids is 1. The van der Waals surface area contributed by atoms with Gasteiger partial charge in [0.05, 0.1) is 6.26 Å². The first-order valence-corrected chi connectivity index (χ1v) is 6.43. The van der Waals surface area contributed by atoms with Gasteiger partial charge >= 0.3 is 0 Å². The van der Waals surface area contributed by atoms with Crippen LogP contribution >= 0.6 is 11.6 Å². The third-order valence-electron chi connectivity index (χ3n) is 2.67. The number of hydrazine groups is 1. The number of nitrogen functional groups attached to an aromatic ring is 1. The fourth-order valence-corrected chi connectivity index (χ4v) is 2.00. The van der Waals surface area contributed by atoms with Gasteiger partial charge in [-0.1, -0.05) is 11.6 Å². The van der Waals surface area contributed by atoms with Crippen LogP contribution in [0.5, 0.6) is 0 Å². The van der Waals surface area contributed by atoms with E-state index in [4.69, 9.17) is 21.9 Å². The molecule has 0 aliphatic carbocycles. The first-order valence-electron chi connectivity index (χ1n) is 6.06. The number of nitrogens with two attached hydrogens (primary N) is 1. The summed E-state index contributed by atoms with van der Waals surface area (Å²) in [6.07, 6.45) is 2.21. The number of carbonyl (C=O) groups is 1. The van der Waals surface area contributed by atoms with Crippen LogP contribution in [0, 0.1) is 0 Å². The molecule has 0 saturated carbocycles. The molecule has 7 heteroatoms. The van der Waals surface area contributed by atoms with E-state index in [-0.39, 0.29) is 17.1 Å². The number of hydrogen-bond donors (Lipinski definition) is 3. The molecule has 0 saturated heterocycles. The topological polar surface area (TPSA) is 93.2 Å². The molecule has 2 aromatic heterocycles. The Bertz CT molecular complexity index is 586. The van der Waals surface area contributed by atoms with Crippen LogP contribution in [-0.4, -0.2) is 16.9 Å². The van der Waals surface area contributed by atoms with E-state index in [1.165, 1.54) is 12.1 Å². The number of anilines is 1. The molecule has 0 spiro atoms. The van der Waals surface area contributed by atoms with Crippen molar-refractivity contribution in [1.82, 2.24) is 10.3 Å². The number of nitrogens with one attached hydrogen (secondary N) is 2. The van der Waals surface area contributed by atoms with Crippen LogP contribution in [0.2, 0.25) is 5.15 Å². The summed E-state index contributed by atoms with van der Waals surface area (Å²) < 4.78 is 5.24. The van der Waals surface area contributed by atoms with E-state index in [0.29, 0.717) is 17.8 Å². The van der Waals surface area contributed by atoms with Crippen LogP contribution in [-0.2, 0) is 6.42 Å². The molecule has 0 aliphatic rings. The summed E-state index contributed by atoms with van der Waals surface area (Å²) in [6, 6.07) is 6.61. The maximum atomic E-state index is 12.1. The lowest BCUT2D eigenvalue weighted by atomic mass is 10.1. The van der Waals surface area contributed by atoms with Crippen LogP contribution in [0.1, 0.15) is 23.0 Å². The van der Waals surface area contributed by atoms with Crippen molar-refractivity contribution in [2.45, 2.75) is 19.4 Å².